The Morgan fingerprint density at radius 3 is 2.61 bits per heavy atom. The van der Waals surface area contributed by atoms with E-state index in [-0.39, 0.29) is 37.8 Å². The normalized spacial score (nSPS) is 15.9. The van der Waals surface area contributed by atoms with Gasteiger partial charge in [-0.15, -0.1) is 10.2 Å². The van der Waals surface area contributed by atoms with Gasteiger partial charge in [0, 0.05) is 30.0 Å². The van der Waals surface area contributed by atoms with Crippen molar-refractivity contribution < 1.29 is 27.9 Å². The van der Waals surface area contributed by atoms with Crippen LogP contribution in [0.15, 0.2) is 0 Å². The molecule has 2 heterocycles. The third kappa shape index (κ3) is 4.23. The number of rotatable bonds is 4. The largest absolute Gasteiger partial charge is 0.530 e. The van der Waals surface area contributed by atoms with Crippen molar-refractivity contribution in [3.63, 3.8) is 0 Å². The number of carbonyl (C=O) groups is 2. The number of amides is 2. The zero-order chi connectivity index (χ0) is 17.2. The van der Waals surface area contributed by atoms with E-state index in [1.807, 2.05) is 22.6 Å². The second kappa shape index (κ2) is 6.88. The lowest BCUT2D eigenvalue weighted by Crippen LogP contribution is -2.47. The van der Waals surface area contributed by atoms with Crippen LogP contribution in [0.3, 0.4) is 0 Å². The van der Waals surface area contributed by atoms with Gasteiger partial charge in [-0.1, -0.05) is 22.6 Å². The van der Waals surface area contributed by atoms with Crippen LogP contribution in [-0.2, 0) is 24.1 Å². The summed E-state index contributed by atoms with van der Waals surface area (Å²) in [5.74, 6) is -1.40. The number of carbonyl (C=O) groups excluding carboxylic acids is 2. The smallest absolute Gasteiger partial charge is 0.451 e. The van der Waals surface area contributed by atoms with Crippen LogP contribution in [0.2, 0.25) is 0 Å². The molecule has 0 spiro atoms. The molecule has 1 atom stereocenters. The number of nitrogens with zero attached hydrogens (tertiary/aromatic N) is 4. The average Bonchev–Trinajstić information content (AvgIpc) is 2.88. The van der Waals surface area contributed by atoms with E-state index in [9.17, 15) is 27.9 Å². The predicted octanol–water partition coefficient (Wildman–Crippen LogP) is -0.234. The van der Waals surface area contributed by atoms with Crippen LogP contribution < -0.4 is 10.4 Å². The highest BCUT2D eigenvalue weighted by Crippen LogP contribution is 2.29. The number of fused-ring (bicyclic) bond motifs is 1. The lowest BCUT2D eigenvalue weighted by Gasteiger charge is -2.29. The van der Waals surface area contributed by atoms with Crippen molar-refractivity contribution >= 4 is 34.6 Å². The zero-order valence-corrected chi connectivity index (χ0v) is 13.8. The fraction of sp³-hybridized carbons (Fsp3) is 0.636. The van der Waals surface area contributed by atoms with E-state index < -0.39 is 24.1 Å². The number of halogens is 4. The highest BCUT2D eigenvalue weighted by atomic mass is 127. The Labute approximate surface area is 142 Å². The van der Waals surface area contributed by atoms with Gasteiger partial charge in [0.25, 0.3) is 0 Å². The van der Waals surface area contributed by atoms with Crippen LogP contribution in [-0.4, -0.2) is 48.7 Å². The molecule has 12 heteroatoms. The molecular weight excluding hydrogens is 434 g/mol. The summed E-state index contributed by atoms with van der Waals surface area (Å²) < 4.78 is 39.5. The van der Waals surface area contributed by atoms with Crippen molar-refractivity contribution in [1.29, 1.82) is 0 Å². The summed E-state index contributed by atoms with van der Waals surface area (Å²) in [7, 11) is 0. The van der Waals surface area contributed by atoms with E-state index >= 15 is 0 Å². The molecule has 1 aliphatic rings. The molecule has 0 aromatic carbocycles. The number of carboxylic acid groups (broad SMARTS) is 1. The van der Waals surface area contributed by atoms with E-state index in [0.29, 0.717) is 4.43 Å². The molecule has 1 N–H and O–H groups in total. The van der Waals surface area contributed by atoms with E-state index in [2.05, 4.69) is 15.5 Å². The number of hydrogen-bond donors (Lipinski definition) is 1. The molecule has 1 aliphatic heterocycles. The first-order chi connectivity index (χ1) is 10.7. The molecule has 2 rings (SSSR count). The Bertz CT molecular complexity index is 606. The van der Waals surface area contributed by atoms with Crippen molar-refractivity contribution in [1.82, 2.24) is 25.0 Å². The maximum atomic E-state index is 12.7. The van der Waals surface area contributed by atoms with Crippen molar-refractivity contribution in [3.8, 4) is 0 Å². The van der Waals surface area contributed by atoms with Gasteiger partial charge >= 0.3 is 6.18 Å². The van der Waals surface area contributed by atoms with Gasteiger partial charge in [-0.3, -0.25) is 4.79 Å². The van der Waals surface area contributed by atoms with E-state index in [0.717, 1.165) is 4.57 Å². The van der Waals surface area contributed by atoms with Gasteiger partial charge in [-0.05, 0) is 0 Å². The van der Waals surface area contributed by atoms with Crippen LogP contribution >= 0.6 is 22.6 Å². The SMILES string of the molecule is O=C([O-])NC(CI)CC(=O)N1CCn2c(nnc2C(F)(F)F)C1. The van der Waals surface area contributed by atoms with E-state index in [1.54, 1.807) is 0 Å². The average molecular weight is 446 g/mol. The molecule has 0 bridgehead atoms. The van der Waals surface area contributed by atoms with Gasteiger partial charge in [0.05, 0.1) is 6.54 Å². The molecule has 0 aliphatic carbocycles. The molecule has 0 radical (unpaired) electrons. The summed E-state index contributed by atoms with van der Waals surface area (Å²) in [6.45, 7) is -0.0842. The molecule has 1 aromatic heterocycles. The first kappa shape index (κ1) is 17.7. The Morgan fingerprint density at radius 1 is 1.35 bits per heavy atom. The summed E-state index contributed by atoms with van der Waals surface area (Å²) in [5, 5.41) is 19.2. The standard InChI is InChI=1S/C11H13F3IN5O3/c12-11(13,14)9-18-17-7-5-19(1-2-20(7)9)8(21)3-6(4-15)16-10(22)23/h6,16H,1-5H2,(H,22,23)/p-1. The molecule has 0 saturated heterocycles. The van der Waals surface area contributed by atoms with Gasteiger partial charge in [0.15, 0.2) is 5.82 Å². The molecular formula is C11H12F3IN5O3-. The van der Waals surface area contributed by atoms with Crippen LogP contribution in [0.5, 0.6) is 0 Å². The topological polar surface area (TPSA) is 103 Å². The second-order valence-electron chi connectivity index (χ2n) is 4.89. The van der Waals surface area contributed by atoms with Crippen LogP contribution in [0, 0.1) is 0 Å². The van der Waals surface area contributed by atoms with Crippen molar-refractivity contribution in [3.05, 3.63) is 11.6 Å². The molecule has 23 heavy (non-hydrogen) atoms. The molecule has 2 amide bonds. The molecule has 1 aromatic rings. The van der Waals surface area contributed by atoms with Gasteiger partial charge in [-0.2, -0.15) is 13.2 Å². The minimum Gasteiger partial charge on any atom is -0.530 e. The predicted molar refractivity (Wildman–Crippen MR) is 76.3 cm³/mol. The van der Waals surface area contributed by atoms with Gasteiger partial charge in [0.1, 0.15) is 6.09 Å². The van der Waals surface area contributed by atoms with Crippen LogP contribution in [0.1, 0.15) is 18.1 Å². The van der Waals surface area contributed by atoms with Gasteiger partial charge in [-0.25, -0.2) is 0 Å². The van der Waals surface area contributed by atoms with Gasteiger partial charge < -0.3 is 24.7 Å². The number of hydrogen-bond acceptors (Lipinski definition) is 5. The Kier molecular flexibility index (Phi) is 5.31. The van der Waals surface area contributed by atoms with Crippen molar-refractivity contribution in [2.24, 2.45) is 0 Å². The minimum atomic E-state index is -4.60. The second-order valence-corrected chi connectivity index (χ2v) is 5.77. The maximum absolute atomic E-state index is 12.7. The van der Waals surface area contributed by atoms with E-state index in [4.69, 9.17) is 0 Å². The summed E-state index contributed by atoms with van der Waals surface area (Å²) in [5.41, 5.74) is 0. The first-order valence-electron chi connectivity index (χ1n) is 6.53. The van der Waals surface area contributed by atoms with Crippen LogP contribution in [0.4, 0.5) is 18.0 Å². The lowest BCUT2D eigenvalue weighted by atomic mass is 10.2. The number of alkyl halides is 4. The third-order valence-corrected chi connectivity index (χ3v) is 4.35. The maximum Gasteiger partial charge on any atom is 0.451 e. The Morgan fingerprint density at radius 2 is 2.04 bits per heavy atom. The molecule has 128 valence electrons. The fourth-order valence-electron chi connectivity index (χ4n) is 2.23. The number of aromatic nitrogens is 3. The fourth-order valence-corrected chi connectivity index (χ4v) is 2.76. The first-order valence-corrected chi connectivity index (χ1v) is 8.05. The molecule has 1 unspecified atom stereocenters. The summed E-state index contributed by atoms with van der Waals surface area (Å²) >= 11 is 1.92. The zero-order valence-electron chi connectivity index (χ0n) is 11.6. The van der Waals surface area contributed by atoms with E-state index in [1.165, 1.54) is 4.90 Å². The van der Waals surface area contributed by atoms with Crippen molar-refractivity contribution in [2.45, 2.75) is 31.7 Å². The molecule has 0 saturated carbocycles. The van der Waals surface area contributed by atoms with Crippen molar-refractivity contribution in [2.75, 3.05) is 11.0 Å². The molecule has 8 nitrogen and oxygen atoms in total. The molecule has 0 fully saturated rings. The summed E-state index contributed by atoms with van der Waals surface area (Å²) in [6.07, 6.45) is -6.17. The minimum absolute atomic E-state index is 0.0517. The summed E-state index contributed by atoms with van der Waals surface area (Å²) in [4.78, 5) is 24.0. The highest BCUT2D eigenvalue weighted by molar-refractivity contribution is 14.1. The summed E-state index contributed by atoms with van der Waals surface area (Å²) in [6, 6.07) is -0.612. The van der Waals surface area contributed by atoms with Crippen LogP contribution in [0.25, 0.3) is 0 Å². The Hall–Kier alpha value is -1.60. The Balaban J connectivity index is 2.03. The van der Waals surface area contributed by atoms with Gasteiger partial charge in [0.2, 0.25) is 11.7 Å². The highest BCUT2D eigenvalue weighted by Gasteiger charge is 2.39. The monoisotopic (exact) mass is 446 g/mol. The third-order valence-electron chi connectivity index (χ3n) is 3.29. The number of nitrogens with one attached hydrogen (secondary N) is 1. The quantitative estimate of drug-likeness (QED) is 0.509. The lowest BCUT2D eigenvalue weighted by molar-refractivity contribution is -0.251.